The van der Waals surface area contributed by atoms with E-state index in [4.69, 9.17) is 5.26 Å². The normalized spacial score (nSPS) is 18.1. The second-order valence-electron chi connectivity index (χ2n) is 5.91. The van der Waals surface area contributed by atoms with Crippen LogP contribution in [0.2, 0.25) is 0 Å². The van der Waals surface area contributed by atoms with Gasteiger partial charge in [-0.05, 0) is 30.5 Å². The minimum atomic E-state index is -1.31. The van der Waals surface area contributed by atoms with Crippen molar-refractivity contribution in [3.05, 3.63) is 35.6 Å². The Balaban J connectivity index is 1.90. The molecular weight excluding hydrogens is 313 g/mol. The molecule has 1 aliphatic rings. The van der Waals surface area contributed by atoms with E-state index in [1.165, 1.54) is 36.2 Å². The average molecular weight is 333 g/mol. The average Bonchev–Trinajstić information content (AvgIpc) is 3.04. The topological polar surface area (TPSA) is 84.6 Å². The van der Waals surface area contributed by atoms with Gasteiger partial charge in [0.2, 0.25) is 5.91 Å². The van der Waals surface area contributed by atoms with Gasteiger partial charge in [0, 0.05) is 20.0 Å². The number of amides is 2. The molecule has 2 amide bonds. The smallest absolute Gasteiger partial charge is 0.251 e. The van der Waals surface area contributed by atoms with Gasteiger partial charge in [0.25, 0.3) is 5.91 Å². The van der Waals surface area contributed by atoms with Crippen LogP contribution < -0.4 is 0 Å². The van der Waals surface area contributed by atoms with Gasteiger partial charge in [-0.3, -0.25) is 9.59 Å². The molecular formula is C17H20FN3O3. The second-order valence-corrected chi connectivity index (χ2v) is 5.91. The van der Waals surface area contributed by atoms with Gasteiger partial charge in [0.15, 0.2) is 0 Å². The van der Waals surface area contributed by atoms with Crippen molar-refractivity contribution in [3.8, 4) is 6.07 Å². The third-order valence-corrected chi connectivity index (χ3v) is 4.10. The Morgan fingerprint density at radius 2 is 2.12 bits per heavy atom. The van der Waals surface area contributed by atoms with Gasteiger partial charge < -0.3 is 14.9 Å². The molecule has 0 aromatic heterocycles. The van der Waals surface area contributed by atoms with Crippen LogP contribution in [0.5, 0.6) is 0 Å². The number of nitrogens with zero attached hydrogens (tertiary/aromatic N) is 3. The Morgan fingerprint density at radius 3 is 2.75 bits per heavy atom. The molecule has 1 N–H and O–H groups in total. The first-order valence-electron chi connectivity index (χ1n) is 7.79. The maximum atomic E-state index is 12.9. The lowest BCUT2D eigenvalue weighted by atomic mass is 10.1. The molecule has 0 radical (unpaired) electrons. The number of benzene rings is 1. The first-order valence-corrected chi connectivity index (χ1v) is 7.79. The fourth-order valence-corrected chi connectivity index (χ4v) is 2.76. The van der Waals surface area contributed by atoms with Crippen molar-refractivity contribution in [1.29, 1.82) is 5.26 Å². The summed E-state index contributed by atoms with van der Waals surface area (Å²) in [5.41, 5.74) is 0.626. The van der Waals surface area contributed by atoms with E-state index in [-0.39, 0.29) is 24.7 Å². The number of likely N-dealkylation sites (N-methyl/N-ethyl adjacent to an activating group) is 1. The lowest BCUT2D eigenvalue weighted by Crippen LogP contribution is -2.46. The summed E-state index contributed by atoms with van der Waals surface area (Å²) >= 11 is 0. The lowest BCUT2D eigenvalue weighted by Gasteiger charge is -2.25. The predicted octanol–water partition coefficient (Wildman–Crippen LogP) is 0.702. The van der Waals surface area contributed by atoms with Crippen molar-refractivity contribution in [2.45, 2.75) is 31.4 Å². The Labute approximate surface area is 140 Å². The van der Waals surface area contributed by atoms with E-state index >= 15 is 0 Å². The number of likely N-dealkylation sites (tertiary alicyclic amines) is 1. The zero-order valence-corrected chi connectivity index (χ0v) is 13.5. The van der Waals surface area contributed by atoms with Gasteiger partial charge >= 0.3 is 0 Å². The number of nitriles is 1. The van der Waals surface area contributed by atoms with Crippen LogP contribution in [0.25, 0.3) is 0 Å². The molecule has 1 aliphatic heterocycles. The zero-order valence-electron chi connectivity index (χ0n) is 13.5. The standard InChI is InChI=1S/C17H20FN3O3/c1-20(11-16(23)21-8-2-3-14(21)10-19)17(24)15(22)9-12-4-6-13(18)7-5-12/h4-7,14-15,22H,2-3,8-9,11H2,1H3. The molecule has 2 atom stereocenters. The van der Waals surface area contributed by atoms with Crippen LogP contribution >= 0.6 is 0 Å². The summed E-state index contributed by atoms with van der Waals surface area (Å²) in [6.45, 7) is 0.328. The van der Waals surface area contributed by atoms with Crippen molar-refractivity contribution in [2.24, 2.45) is 0 Å². The van der Waals surface area contributed by atoms with Gasteiger partial charge in [-0.15, -0.1) is 0 Å². The van der Waals surface area contributed by atoms with E-state index in [9.17, 15) is 19.1 Å². The van der Waals surface area contributed by atoms with Crippen LogP contribution in [0, 0.1) is 17.1 Å². The number of aliphatic hydroxyl groups excluding tert-OH is 1. The number of carbonyl (C=O) groups is 2. The highest BCUT2D eigenvalue weighted by molar-refractivity contribution is 5.87. The van der Waals surface area contributed by atoms with Crippen LogP contribution in [-0.2, 0) is 16.0 Å². The van der Waals surface area contributed by atoms with Crippen LogP contribution in [0.4, 0.5) is 4.39 Å². The van der Waals surface area contributed by atoms with Crippen molar-refractivity contribution >= 4 is 11.8 Å². The van der Waals surface area contributed by atoms with E-state index in [1.54, 1.807) is 0 Å². The number of carbonyl (C=O) groups excluding carboxylic acids is 2. The lowest BCUT2D eigenvalue weighted by molar-refractivity contribution is -0.144. The fourth-order valence-electron chi connectivity index (χ4n) is 2.76. The maximum Gasteiger partial charge on any atom is 0.251 e. The van der Waals surface area contributed by atoms with Crippen LogP contribution in [0.1, 0.15) is 18.4 Å². The number of rotatable bonds is 5. The van der Waals surface area contributed by atoms with Crippen molar-refractivity contribution in [3.63, 3.8) is 0 Å². The van der Waals surface area contributed by atoms with Crippen molar-refractivity contribution < 1.29 is 19.1 Å². The molecule has 1 heterocycles. The van der Waals surface area contributed by atoms with Crippen molar-refractivity contribution in [2.75, 3.05) is 20.1 Å². The summed E-state index contributed by atoms with van der Waals surface area (Å²) in [7, 11) is 1.44. The third-order valence-electron chi connectivity index (χ3n) is 4.10. The quantitative estimate of drug-likeness (QED) is 0.860. The van der Waals surface area contributed by atoms with Gasteiger partial charge in [-0.25, -0.2) is 4.39 Å². The Bertz CT molecular complexity index is 641. The highest BCUT2D eigenvalue weighted by Crippen LogP contribution is 2.16. The monoisotopic (exact) mass is 333 g/mol. The SMILES string of the molecule is CN(CC(=O)N1CCCC1C#N)C(=O)C(O)Cc1ccc(F)cc1. The van der Waals surface area contributed by atoms with E-state index < -0.39 is 18.1 Å². The number of aliphatic hydroxyl groups is 1. The molecule has 7 heteroatoms. The molecule has 2 unspecified atom stereocenters. The molecule has 1 saturated heterocycles. The van der Waals surface area contributed by atoms with Crippen LogP contribution in [0.15, 0.2) is 24.3 Å². The summed E-state index contributed by atoms with van der Waals surface area (Å²) in [5, 5.41) is 19.0. The second kappa shape index (κ2) is 7.88. The van der Waals surface area contributed by atoms with E-state index in [1.807, 2.05) is 0 Å². The predicted molar refractivity (Wildman–Crippen MR) is 84.1 cm³/mol. The highest BCUT2D eigenvalue weighted by atomic mass is 19.1. The Kier molecular flexibility index (Phi) is 5.88. The Hall–Kier alpha value is -2.46. The minimum absolute atomic E-state index is 0.0438. The molecule has 24 heavy (non-hydrogen) atoms. The molecule has 1 aromatic carbocycles. The molecule has 0 saturated carbocycles. The maximum absolute atomic E-state index is 12.9. The summed E-state index contributed by atoms with van der Waals surface area (Å²) in [6, 6.07) is 7.15. The number of halogens is 1. The molecule has 1 aromatic rings. The van der Waals surface area contributed by atoms with E-state index in [0.29, 0.717) is 18.5 Å². The minimum Gasteiger partial charge on any atom is -0.383 e. The van der Waals surface area contributed by atoms with Gasteiger partial charge in [-0.1, -0.05) is 12.1 Å². The molecule has 0 aliphatic carbocycles. The number of hydrogen-bond donors (Lipinski definition) is 1. The highest BCUT2D eigenvalue weighted by Gasteiger charge is 2.30. The van der Waals surface area contributed by atoms with Crippen LogP contribution in [0.3, 0.4) is 0 Å². The fraction of sp³-hybridized carbons (Fsp3) is 0.471. The van der Waals surface area contributed by atoms with Gasteiger partial charge in [0.05, 0.1) is 12.6 Å². The van der Waals surface area contributed by atoms with E-state index in [0.717, 1.165) is 11.3 Å². The first kappa shape index (κ1) is 17.9. The summed E-state index contributed by atoms with van der Waals surface area (Å²) in [5.74, 6) is -1.27. The molecule has 128 valence electrons. The largest absolute Gasteiger partial charge is 0.383 e. The summed E-state index contributed by atoms with van der Waals surface area (Å²) in [4.78, 5) is 27.0. The van der Waals surface area contributed by atoms with Gasteiger partial charge in [-0.2, -0.15) is 5.26 Å². The summed E-state index contributed by atoms with van der Waals surface area (Å²) in [6.07, 6.45) is 0.156. The van der Waals surface area contributed by atoms with E-state index in [2.05, 4.69) is 6.07 Å². The molecule has 0 spiro atoms. The summed E-state index contributed by atoms with van der Waals surface area (Å²) < 4.78 is 12.9. The third kappa shape index (κ3) is 4.30. The zero-order chi connectivity index (χ0) is 17.7. The number of hydrogen-bond acceptors (Lipinski definition) is 4. The first-order chi connectivity index (χ1) is 11.4. The van der Waals surface area contributed by atoms with Crippen molar-refractivity contribution in [1.82, 2.24) is 9.80 Å². The molecule has 2 rings (SSSR count). The van der Waals surface area contributed by atoms with Gasteiger partial charge in [0.1, 0.15) is 18.0 Å². The Morgan fingerprint density at radius 1 is 1.46 bits per heavy atom. The molecule has 0 bridgehead atoms. The van der Waals surface area contributed by atoms with Crippen LogP contribution in [-0.4, -0.2) is 59.0 Å². The molecule has 1 fully saturated rings. The molecule has 6 nitrogen and oxygen atoms in total.